The average Bonchev–Trinajstić information content (AvgIpc) is 3.19. The molecule has 1 heterocycles. The third-order valence-electron chi connectivity index (χ3n) is 6.51. The Morgan fingerprint density at radius 1 is 0.971 bits per heavy atom. The van der Waals surface area contributed by atoms with Gasteiger partial charge in [0.05, 0.1) is 25.7 Å². The lowest BCUT2D eigenvalue weighted by molar-refractivity contribution is -0.170. The molecule has 1 aliphatic carbocycles. The Morgan fingerprint density at radius 3 is 2.09 bits per heavy atom. The Bertz CT molecular complexity index is 1120. The molecular weight excluding hydrogens is 453 g/mol. The minimum absolute atomic E-state index is 0.131. The van der Waals surface area contributed by atoms with E-state index in [0.717, 1.165) is 26.4 Å². The van der Waals surface area contributed by atoms with Crippen LogP contribution < -0.4 is 0 Å². The summed E-state index contributed by atoms with van der Waals surface area (Å²) < 4.78 is 54.8. The van der Waals surface area contributed by atoms with Gasteiger partial charge in [0, 0.05) is 11.5 Å². The van der Waals surface area contributed by atoms with E-state index >= 15 is 0 Å². The molecule has 0 unspecified atom stereocenters. The number of benzene rings is 2. The number of allylic oxidation sites excluding steroid dienone is 1. The Morgan fingerprint density at radius 2 is 1.56 bits per heavy atom. The van der Waals surface area contributed by atoms with Gasteiger partial charge in [0.25, 0.3) is 0 Å². The predicted octanol–water partition coefficient (Wildman–Crippen LogP) is 4.36. The molecule has 6 nitrogen and oxygen atoms in total. The van der Waals surface area contributed by atoms with E-state index in [2.05, 4.69) is 0 Å². The van der Waals surface area contributed by atoms with Crippen LogP contribution in [0.1, 0.15) is 29.0 Å². The van der Waals surface area contributed by atoms with Crippen molar-refractivity contribution in [3.05, 3.63) is 77.4 Å². The van der Waals surface area contributed by atoms with Crippen molar-refractivity contribution in [2.45, 2.75) is 18.5 Å². The van der Waals surface area contributed by atoms with Crippen LogP contribution in [0, 0.1) is 17.3 Å². The molecule has 0 saturated heterocycles. The Labute approximate surface area is 193 Å². The zero-order valence-electron chi connectivity index (χ0n) is 18.3. The largest absolute Gasteiger partial charge is 0.468 e. The van der Waals surface area contributed by atoms with Crippen LogP contribution in [0.3, 0.4) is 0 Å². The number of halogens is 3. The molecule has 0 amide bonds. The summed E-state index contributed by atoms with van der Waals surface area (Å²) in [5.74, 6) is -5.05. The monoisotopic (exact) mass is 474 g/mol. The molecule has 9 heteroatoms. The van der Waals surface area contributed by atoms with E-state index in [9.17, 15) is 27.6 Å². The third kappa shape index (κ3) is 3.74. The summed E-state index contributed by atoms with van der Waals surface area (Å²) in [6, 6.07) is 12.9. The van der Waals surface area contributed by atoms with Crippen molar-refractivity contribution >= 4 is 23.7 Å². The van der Waals surface area contributed by atoms with Gasteiger partial charge in [-0.2, -0.15) is 13.2 Å². The molecule has 2 aromatic rings. The van der Waals surface area contributed by atoms with Crippen LogP contribution >= 0.6 is 0 Å². The van der Waals surface area contributed by atoms with Crippen LogP contribution in [0.2, 0.25) is 0 Å². The van der Waals surface area contributed by atoms with Gasteiger partial charge in [0.1, 0.15) is 5.76 Å². The summed E-state index contributed by atoms with van der Waals surface area (Å²) in [5.41, 5.74) is -2.01. The number of hydrogen-bond acceptors (Lipinski definition) is 6. The van der Waals surface area contributed by atoms with E-state index in [1.807, 2.05) is 0 Å². The number of methoxy groups -OCH3 is 2. The lowest BCUT2D eigenvalue weighted by atomic mass is 9.71. The first-order chi connectivity index (χ1) is 16.1. The standard InChI is InChI=1S/C25H21F3O6/c1-32-22(30)24(23(31)33-2)13-16-12-18(14-6-4-3-5-7-14)34-21(29)19(16)20(24)15-8-10-17(11-9-15)25(26,27)28/h3-12,16,19-20H,13H2,1-2H3/t16-,19-,20+/m1/s1. The number of cyclic esters (lactones) is 1. The number of carbonyl (C=O) groups is 3. The highest BCUT2D eigenvalue weighted by Gasteiger charge is 2.67. The summed E-state index contributed by atoms with van der Waals surface area (Å²) in [4.78, 5) is 39.4. The maximum atomic E-state index is 13.2. The first-order valence-electron chi connectivity index (χ1n) is 10.5. The van der Waals surface area contributed by atoms with Crippen molar-refractivity contribution in [1.82, 2.24) is 0 Å². The SMILES string of the molecule is COC(=O)C1(C(=O)OC)C[C@H]2C=C(c3ccccc3)OC(=O)[C@H]2[C@@H]1c1ccc(C(F)(F)F)cc1. The highest BCUT2D eigenvalue weighted by atomic mass is 19.4. The molecule has 1 fully saturated rings. The van der Waals surface area contributed by atoms with E-state index in [1.54, 1.807) is 36.4 Å². The highest BCUT2D eigenvalue weighted by Crippen LogP contribution is 2.59. The number of fused-ring (bicyclic) bond motifs is 1. The Balaban J connectivity index is 1.87. The molecule has 1 saturated carbocycles. The Kier molecular flexibility index (Phi) is 5.97. The molecule has 34 heavy (non-hydrogen) atoms. The number of esters is 3. The van der Waals surface area contributed by atoms with E-state index < -0.39 is 52.8 Å². The van der Waals surface area contributed by atoms with E-state index in [4.69, 9.17) is 14.2 Å². The predicted molar refractivity (Wildman–Crippen MR) is 113 cm³/mol. The van der Waals surface area contributed by atoms with Gasteiger partial charge >= 0.3 is 24.1 Å². The van der Waals surface area contributed by atoms with Crippen molar-refractivity contribution < 1.29 is 41.8 Å². The second-order valence-corrected chi connectivity index (χ2v) is 8.26. The molecule has 0 bridgehead atoms. The maximum Gasteiger partial charge on any atom is 0.416 e. The lowest BCUT2D eigenvalue weighted by Gasteiger charge is -2.33. The third-order valence-corrected chi connectivity index (χ3v) is 6.51. The minimum atomic E-state index is -4.57. The maximum absolute atomic E-state index is 13.2. The zero-order chi connectivity index (χ0) is 24.7. The van der Waals surface area contributed by atoms with Crippen molar-refractivity contribution in [1.29, 1.82) is 0 Å². The number of ether oxygens (including phenoxy) is 3. The van der Waals surface area contributed by atoms with E-state index in [0.29, 0.717) is 5.56 Å². The number of hydrogen-bond donors (Lipinski definition) is 0. The summed E-state index contributed by atoms with van der Waals surface area (Å²) in [6.07, 6.45) is -3.03. The minimum Gasteiger partial charge on any atom is -0.468 e. The number of carbonyl (C=O) groups excluding carboxylic acids is 3. The van der Waals surface area contributed by atoms with Crippen LogP contribution in [-0.2, 0) is 34.8 Å². The fourth-order valence-corrected chi connectivity index (χ4v) is 5.05. The van der Waals surface area contributed by atoms with Crippen LogP contribution in [0.15, 0.2) is 60.7 Å². The Hall–Kier alpha value is -3.62. The topological polar surface area (TPSA) is 78.9 Å². The van der Waals surface area contributed by atoms with Crippen molar-refractivity contribution in [3.8, 4) is 0 Å². The van der Waals surface area contributed by atoms with Crippen molar-refractivity contribution in [2.75, 3.05) is 14.2 Å². The van der Waals surface area contributed by atoms with Gasteiger partial charge in [-0.3, -0.25) is 14.4 Å². The van der Waals surface area contributed by atoms with Gasteiger partial charge < -0.3 is 14.2 Å². The van der Waals surface area contributed by atoms with Gasteiger partial charge in [-0.25, -0.2) is 0 Å². The van der Waals surface area contributed by atoms with Gasteiger partial charge in [0.15, 0.2) is 5.41 Å². The van der Waals surface area contributed by atoms with E-state index in [-0.39, 0.29) is 17.7 Å². The molecule has 178 valence electrons. The summed E-state index contributed by atoms with van der Waals surface area (Å²) in [6.45, 7) is 0. The zero-order valence-corrected chi connectivity index (χ0v) is 18.3. The van der Waals surface area contributed by atoms with Crippen LogP contribution in [-0.4, -0.2) is 32.1 Å². The lowest BCUT2D eigenvalue weighted by Crippen LogP contribution is -2.45. The second kappa shape index (κ2) is 8.62. The number of rotatable bonds is 4. The molecule has 0 aromatic heterocycles. The first kappa shape index (κ1) is 23.5. The average molecular weight is 474 g/mol. The summed E-state index contributed by atoms with van der Waals surface area (Å²) in [7, 11) is 2.20. The van der Waals surface area contributed by atoms with E-state index in [1.165, 1.54) is 12.1 Å². The molecule has 0 N–H and O–H groups in total. The van der Waals surface area contributed by atoms with Crippen LogP contribution in [0.25, 0.3) is 5.76 Å². The van der Waals surface area contributed by atoms with Gasteiger partial charge in [-0.15, -0.1) is 0 Å². The molecule has 1 aliphatic heterocycles. The molecular formula is C25H21F3O6. The molecule has 0 spiro atoms. The molecule has 3 atom stereocenters. The summed E-state index contributed by atoms with van der Waals surface area (Å²) in [5, 5.41) is 0. The molecule has 0 radical (unpaired) electrons. The van der Waals surface area contributed by atoms with Gasteiger partial charge in [0.2, 0.25) is 0 Å². The highest BCUT2D eigenvalue weighted by molar-refractivity contribution is 6.03. The first-order valence-corrected chi connectivity index (χ1v) is 10.5. The van der Waals surface area contributed by atoms with Gasteiger partial charge in [-0.1, -0.05) is 42.5 Å². The van der Waals surface area contributed by atoms with Crippen LogP contribution in [0.4, 0.5) is 13.2 Å². The van der Waals surface area contributed by atoms with Crippen molar-refractivity contribution in [3.63, 3.8) is 0 Å². The van der Waals surface area contributed by atoms with Crippen molar-refractivity contribution in [2.24, 2.45) is 17.3 Å². The molecule has 4 rings (SSSR count). The fraction of sp³-hybridized carbons (Fsp3) is 0.320. The quantitative estimate of drug-likeness (QED) is 0.372. The second-order valence-electron chi connectivity index (χ2n) is 8.26. The summed E-state index contributed by atoms with van der Waals surface area (Å²) >= 11 is 0. The normalized spacial score (nSPS) is 23.4. The smallest absolute Gasteiger partial charge is 0.416 e. The molecule has 2 aliphatic rings. The molecule has 2 aromatic carbocycles. The number of alkyl halides is 3. The van der Waals surface area contributed by atoms with Crippen LogP contribution in [0.5, 0.6) is 0 Å². The van der Waals surface area contributed by atoms with Gasteiger partial charge in [-0.05, 0) is 36.1 Å². The fourth-order valence-electron chi connectivity index (χ4n) is 5.05.